The molecule has 2 heterocycles. The molecule has 0 radical (unpaired) electrons. The van der Waals surface area contributed by atoms with Gasteiger partial charge in [0.1, 0.15) is 11.5 Å². The summed E-state index contributed by atoms with van der Waals surface area (Å²) in [4.78, 5) is 22.6. The normalized spacial score (nSPS) is 15.7. The van der Waals surface area contributed by atoms with Gasteiger partial charge in [0.2, 0.25) is 5.91 Å². The molecule has 1 N–H and O–H groups in total. The Bertz CT molecular complexity index is 964. The van der Waals surface area contributed by atoms with Crippen molar-refractivity contribution in [3.05, 3.63) is 77.4 Å². The number of H-pyrrole nitrogens is 1. The number of aryl methyl sites for hydroxylation is 1. The highest BCUT2D eigenvalue weighted by atomic mass is 16.5. The molecule has 1 unspecified atom stereocenters. The third kappa shape index (κ3) is 4.11. The average Bonchev–Trinajstić information content (AvgIpc) is 3.26. The maximum absolute atomic E-state index is 13.0. The van der Waals surface area contributed by atoms with E-state index in [4.69, 9.17) is 9.47 Å². The van der Waals surface area contributed by atoms with Crippen LogP contribution in [-0.4, -0.2) is 41.5 Å². The Kier molecular flexibility index (Phi) is 5.51. The highest BCUT2D eigenvalue weighted by molar-refractivity contribution is 5.77. The number of benzene rings is 2. The number of aromatic nitrogens is 2. The Morgan fingerprint density at radius 1 is 1.07 bits per heavy atom. The minimum absolute atomic E-state index is 0.0563. The lowest BCUT2D eigenvalue weighted by Crippen LogP contribution is -2.38. The fourth-order valence-electron chi connectivity index (χ4n) is 3.81. The predicted molar refractivity (Wildman–Crippen MR) is 110 cm³/mol. The van der Waals surface area contributed by atoms with Crippen molar-refractivity contribution in [2.45, 2.75) is 25.3 Å². The van der Waals surface area contributed by atoms with E-state index < -0.39 is 0 Å². The fraction of sp³-hybridized carbons (Fsp3) is 0.304. The number of amides is 1. The van der Waals surface area contributed by atoms with Crippen molar-refractivity contribution in [1.29, 1.82) is 0 Å². The molecule has 0 aliphatic carbocycles. The molecule has 2 aromatic carbocycles. The van der Waals surface area contributed by atoms with Gasteiger partial charge in [-0.25, -0.2) is 4.98 Å². The van der Waals surface area contributed by atoms with Crippen LogP contribution >= 0.6 is 0 Å². The minimum Gasteiger partial charge on any atom is -0.497 e. The molecular formula is C23H25N3O3. The number of methoxy groups -OCH3 is 2. The van der Waals surface area contributed by atoms with E-state index in [2.05, 4.69) is 9.97 Å². The van der Waals surface area contributed by atoms with Gasteiger partial charge in [0.05, 0.1) is 38.5 Å². The van der Waals surface area contributed by atoms with Crippen molar-refractivity contribution >= 4 is 5.91 Å². The third-order valence-electron chi connectivity index (χ3n) is 5.49. The summed E-state index contributed by atoms with van der Waals surface area (Å²) in [6.07, 6.45) is 2.90. The number of ether oxygens (including phenoxy) is 2. The topological polar surface area (TPSA) is 67.5 Å². The van der Waals surface area contributed by atoms with Gasteiger partial charge in [0, 0.05) is 18.9 Å². The standard InChI is InChI=1S/C23H25N3O3/c1-28-18-8-3-16(4-9-18)5-12-22(27)26-13-20(23-21(14-26)24-15-25-23)17-6-10-19(29-2)11-7-17/h3-4,6-11,15,20H,5,12-14H2,1-2H3,(H,24,25). The van der Waals surface area contributed by atoms with Gasteiger partial charge in [-0.15, -0.1) is 0 Å². The Labute approximate surface area is 170 Å². The van der Waals surface area contributed by atoms with Crippen LogP contribution in [0, 0.1) is 0 Å². The maximum Gasteiger partial charge on any atom is 0.223 e. The zero-order valence-corrected chi connectivity index (χ0v) is 16.7. The molecule has 0 saturated heterocycles. The van der Waals surface area contributed by atoms with E-state index in [1.54, 1.807) is 20.5 Å². The van der Waals surface area contributed by atoms with Crippen molar-refractivity contribution in [1.82, 2.24) is 14.9 Å². The monoisotopic (exact) mass is 391 g/mol. The van der Waals surface area contributed by atoms with Crippen LogP contribution in [0.1, 0.15) is 34.9 Å². The molecule has 4 rings (SSSR count). The second-order valence-electron chi connectivity index (χ2n) is 7.21. The quantitative estimate of drug-likeness (QED) is 0.698. The third-order valence-corrected chi connectivity index (χ3v) is 5.49. The van der Waals surface area contributed by atoms with E-state index >= 15 is 0 Å². The minimum atomic E-state index is 0.0563. The van der Waals surface area contributed by atoms with Gasteiger partial charge in [-0.1, -0.05) is 24.3 Å². The number of rotatable bonds is 6. The summed E-state index contributed by atoms with van der Waals surface area (Å²) >= 11 is 0. The number of carbonyl (C=O) groups excluding carboxylic acids is 1. The highest BCUT2D eigenvalue weighted by Gasteiger charge is 2.31. The number of hydrogen-bond acceptors (Lipinski definition) is 4. The molecule has 0 fully saturated rings. The SMILES string of the molecule is COc1ccc(CCC(=O)N2Cc3[nH]cnc3C(c3ccc(OC)cc3)C2)cc1. The largest absolute Gasteiger partial charge is 0.497 e. The predicted octanol–water partition coefficient (Wildman–Crippen LogP) is 3.53. The number of aromatic amines is 1. The number of imidazole rings is 1. The first-order valence-corrected chi connectivity index (χ1v) is 9.74. The first-order valence-electron chi connectivity index (χ1n) is 9.74. The highest BCUT2D eigenvalue weighted by Crippen LogP contribution is 2.32. The molecule has 1 aliphatic rings. The summed E-state index contributed by atoms with van der Waals surface area (Å²) in [6.45, 7) is 1.20. The van der Waals surface area contributed by atoms with Crippen molar-refractivity contribution in [3.63, 3.8) is 0 Å². The van der Waals surface area contributed by atoms with Gasteiger partial charge < -0.3 is 19.4 Å². The van der Waals surface area contributed by atoms with Gasteiger partial charge in [-0.2, -0.15) is 0 Å². The summed E-state index contributed by atoms with van der Waals surface area (Å²) in [7, 11) is 3.31. The molecule has 0 saturated carbocycles. The lowest BCUT2D eigenvalue weighted by Gasteiger charge is -2.32. The number of nitrogens with zero attached hydrogens (tertiary/aromatic N) is 2. The molecule has 1 atom stereocenters. The smallest absolute Gasteiger partial charge is 0.223 e. The van der Waals surface area contributed by atoms with Gasteiger partial charge in [0.15, 0.2) is 0 Å². The van der Waals surface area contributed by atoms with Gasteiger partial charge in [-0.3, -0.25) is 4.79 Å². The van der Waals surface area contributed by atoms with Crippen LogP contribution in [0.4, 0.5) is 0 Å². The molecule has 0 spiro atoms. The van der Waals surface area contributed by atoms with E-state index in [-0.39, 0.29) is 11.8 Å². The Balaban J connectivity index is 1.47. The molecule has 29 heavy (non-hydrogen) atoms. The zero-order chi connectivity index (χ0) is 20.2. The molecule has 1 aromatic heterocycles. The first-order chi connectivity index (χ1) is 14.2. The molecular weight excluding hydrogens is 366 g/mol. The van der Waals surface area contributed by atoms with Crippen molar-refractivity contribution in [2.24, 2.45) is 0 Å². The number of fused-ring (bicyclic) bond motifs is 1. The molecule has 1 aliphatic heterocycles. The van der Waals surface area contributed by atoms with Gasteiger partial charge >= 0.3 is 0 Å². The van der Waals surface area contributed by atoms with E-state index in [1.165, 1.54) is 0 Å². The van der Waals surface area contributed by atoms with Crippen LogP contribution in [0.3, 0.4) is 0 Å². The van der Waals surface area contributed by atoms with Crippen LogP contribution in [-0.2, 0) is 17.8 Å². The lowest BCUT2D eigenvalue weighted by molar-refractivity contribution is -0.132. The van der Waals surface area contributed by atoms with E-state index in [1.807, 2.05) is 53.4 Å². The summed E-state index contributed by atoms with van der Waals surface area (Å²) in [5.41, 5.74) is 4.29. The van der Waals surface area contributed by atoms with E-state index in [9.17, 15) is 4.79 Å². The summed E-state index contributed by atoms with van der Waals surface area (Å²) in [5, 5.41) is 0. The molecule has 6 nitrogen and oxygen atoms in total. The maximum atomic E-state index is 13.0. The summed E-state index contributed by atoms with van der Waals surface area (Å²) in [5.74, 6) is 1.85. The van der Waals surface area contributed by atoms with Gasteiger partial charge in [-0.05, 0) is 41.8 Å². The number of carbonyl (C=O) groups is 1. The van der Waals surface area contributed by atoms with Crippen LogP contribution < -0.4 is 9.47 Å². The van der Waals surface area contributed by atoms with Crippen LogP contribution in [0.2, 0.25) is 0 Å². The molecule has 6 heteroatoms. The molecule has 150 valence electrons. The average molecular weight is 391 g/mol. The van der Waals surface area contributed by atoms with E-state index in [0.29, 0.717) is 25.9 Å². The Morgan fingerprint density at radius 2 is 1.72 bits per heavy atom. The van der Waals surface area contributed by atoms with Crippen LogP contribution in [0.5, 0.6) is 11.5 Å². The molecule has 3 aromatic rings. The fourth-order valence-corrected chi connectivity index (χ4v) is 3.81. The first kappa shape index (κ1) is 19.1. The summed E-state index contributed by atoms with van der Waals surface area (Å²) < 4.78 is 10.5. The van der Waals surface area contributed by atoms with E-state index in [0.717, 1.165) is 34.0 Å². The second-order valence-corrected chi connectivity index (χ2v) is 7.21. The van der Waals surface area contributed by atoms with Crippen LogP contribution in [0.25, 0.3) is 0 Å². The summed E-state index contributed by atoms with van der Waals surface area (Å²) in [6, 6.07) is 15.9. The zero-order valence-electron chi connectivity index (χ0n) is 16.7. The molecule has 1 amide bonds. The lowest BCUT2D eigenvalue weighted by atomic mass is 9.90. The van der Waals surface area contributed by atoms with Crippen LogP contribution in [0.15, 0.2) is 54.9 Å². The molecule has 0 bridgehead atoms. The number of nitrogens with one attached hydrogen (secondary N) is 1. The second kappa shape index (κ2) is 8.39. The Hall–Kier alpha value is -3.28. The number of hydrogen-bond donors (Lipinski definition) is 1. The van der Waals surface area contributed by atoms with Crippen molar-refractivity contribution < 1.29 is 14.3 Å². The van der Waals surface area contributed by atoms with Crippen molar-refractivity contribution in [2.75, 3.05) is 20.8 Å². The van der Waals surface area contributed by atoms with Gasteiger partial charge in [0.25, 0.3) is 0 Å². The van der Waals surface area contributed by atoms with Crippen molar-refractivity contribution in [3.8, 4) is 11.5 Å². The Morgan fingerprint density at radius 3 is 2.38 bits per heavy atom.